The van der Waals surface area contributed by atoms with Crippen LogP contribution in [0.3, 0.4) is 0 Å². The minimum absolute atomic E-state index is 0. The van der Waals surface area contributed by atoms with Gasteiger partial charge in [-0.05, 0) is 0 Å². The standard InChI is InChI=1S/Ag.Cd.Hg.2O/q+1;+2;+1;2*-2. The van der Waals surface area contributed by atoms with Crippen molar-refractivity contribution in [3.05, 3.63) is 0 Å². The molecule has 1 radical (unpaired) electrons. The molecule has 0 aromatic heterocycles. The van der Waals surface area contributed by atoms with E-state index in [-0.39, 0.29) is 88.3 Å². The maximum absolute atomic E-state index is 0. The Hall–Kier alpha value is 2.52. The molecule has 0 aliphatic heterocycles. The average Bonchev–Trinajstić information content (AvgIpc) is 0. The monoisotopic (exact) mass is 455 g/mol. The van der Waals surface area contributed by atoms with Crippen molar-refractivity contribution in [1.82, 2.24) is 0 Å². The zero-order valence-corrected chi connectivity index (χ0v) is 13.5. The Labute approximate surface area is 86.9 Å². The average molecular weight is 453 g/mol. The van der Waals surface area contributed by atoms with E-state index in [9.17, 15) is 0 Å². The van der Waals surface area contributed by atoms with Crippen LogP contribution in [0.15, 0.2) is 0 Å². The first-order chi connectivity index (χ1) is 0. The Balaban J connectivity index is 0. The van der Waals surface area contributed by atoms with Gasteiger partial charge >= 0.3 is 77.3 Å². The van der Waals surface area contributed by atoms with Crippen LogP contribution in [-0.2, 0) is 88.3 Å². The fourth-order valence-electron chi connectivity index (χ4n) is 0. The second-order valence-electron chi connectivity index (χ2n) is 0. The van der Waals surface area contributed by atoms with E-state index < -0.39 is 0 Å². The summed E-state index contributed by atoms with van der Waals surface area (Å²) in [5.74, 6) is 0. The molecule has 0 saturated carbocycles. The molecule has 0 aliphatic carbocycles. The Kier molecular flexibility index (Phi) is 315. The van der Waals surface area contributed by atoms with Gasteiger partial charge in [0.2, 0.25) is 0 Å². The van der Waals surface area contributed by atoms with Gasteiger partial charge in [0.15, 0.2) is 0 Å². The second kappa shape index (κ2) is 31.3. The summed E-state index contributed by atoms with van der Waals surface area (Å²) in [6, 6.07) is 0. The predicted molar refractivity (Wildman–Crippen MR) is 1.37 cm³/mol. The van der Waals surface area contributed by atoms with Crippen LogP contribution in [0.25, 0.3) is 0 Å². The van der Waals surface area contributed by atoms with E-state index in [2.05, 4.69) is 0 Å². The summed E-state index contributed by atoms with van der Waals surface area (Å²) in [4.78, 5) is 0. The van der Waals surface area contributed by atoms with Crippen LogP contribution in [0.4, 0.5) is 0 Å². The summed E-state index contributed by atoms with van der Waals surface area (Å²) >= 11 is 0. The van der Waals surface area contributed by atoms with E-state index in [1.165, 1.54) is 0 Å². The molecule has 0 spiro atoms. The molecule has 0 aliphatic rings. The summed E-state index contributed by atoms with van der Waals surface area (Å²) in [6.45, 7) is 0. The van der Waals surface area contributed by atoms with Gasteiger partial charge in [0.05, 0.1) is 0 Å². The molecule has 0 amide bonds. The third-order valence-corrected chi connectivity index (χ3v) is 0. The molecule has 0 N–H and O–H groups in total. The van der Waals surface area contributed by atoms with Crippen LogP contribution in [-0.4, -0.2) is 0 Å². The third-order valence-electron chi connectivity index (χ3n) is 0. The van der Waals surface area contributed by atoms with Gasteiger partial charge in [-0.3, -0.25) is 0 Å². The van der Waals surface area contributed by atoms with Crippen molar-refractivity contribution in [3.8, 4) is 0 Å². The van der Waals surface area contributed by atoms with Gasteiger partial charge in [-0.2, -0.15) is 0 Å². The minimum Gasteiger partial charge on any atom is -2.00 e. The zero-order chi connectivity index (χ0) is 0. The molecular weight excluding hydrogens is 453 g/mol. The second-order valence-corrected chi connectivity index (χ2v) is 0. The molecule has 0 aromatic rings. The van der Waals surface area contributed by atoms with Gasteiger partial charge in [0, 0.05) is 0 Å². The summed E-state index contributed by atoms with van der Waals surface area (Å²) < 4.78 is 0. The van der Waals surface area contributed by atoms with Crippen molar-refractivity contribution in [2.24, 2.45) is 0 Å². The smallest absolute Gasteiger partial charge is 2.00 e. The van der Waals surface area contributed by atoms with Crippen molar-refractivity contribution in [3.63, 3.8) is 0 Å². The molecule has 0 aromatic carbocycles. The molecule has 0 saturated heterocycles. The molecule has 0 bridgehead atoms. The maximum Gasteiger partial charge on any atom is 2.00 e. The van der Waals surface area contributed by atoms with Gasteiger partial charge in [0.1, 0.15) is 0 Å². The van der Waals surface area contributed by atoms with Crippen LogP contribution >= 0.6 is 0 Å². The summed E-state index contributed by atoms with van der Waals surface area (Å²) in [5.41, 5.74) is 0. The fraction of sp³-hybridized carbons (Fsp3) is 0. The van der Waals surface area contributed by atoms with Crippen LogP contribution < -0.4 is 0 Å². The van der Waals surface area contributed by atoms with Crippen molar-refractivity contribution >= 4 is 0 Å². The summed E-state index contributed by atoms with van der Waals surface area (Å²) in [5, 5.41) is 0. The molecule has 5 heteroatoms. The van der Waals surface area contributed by atoms with Crippen LogP contribution in [0.1, 0.15) is 0 Å². The largest absolute Gasteiger partial charge is 2.00 e. The first-order valence-electron chi connectivity index (χ1n) is 0. The van der Waals surface area contributed by atoms with E-state index >= 15 is 0 Å². The summed E-state index contributed by atoms with van der Waals surface area (Å²) in [7, 11) is 0. The molecule has 2 nitrogen and oxygen atoms in total. The molecular formula is AgCdHgO2. The van der Waals surface area contributed by atoms with E-state index in [4.69, 9.17) is 0 Å². The molecule has 0 atom stereocenters. The van der Waals surface area contributed by atoms with E-state index in [0.717, 1.165) is 0 Å². The van der Waals surface area contributed by atoms with E-state index in [0.29, 0.717) is 0 Å². The summed E-state index contributed by atoms with van der Waals surface area (Å²) in [6.07, 6.45) is 0. The third kappa shape index (κ3) is 21.0. The predicted octanol–water partition coefficient (Wildman–Crippen LogP) is -0.245. The van der Waals surface area contributed by atoms with Crippen LogP contribution in [0.2, 0.25) is 0 Å². The number of hydrogen-bond donors (Lipinski definition) is 0. The number of rotatable bonds is 0. The Morgan fingerprint density at radius 1 is 0.800 bits per heavy atom. The molecule has 0 heterocycles. The van der Waals surface area contributed by atoms with Crippen molar-refractivity contribution < 1.29 is 88.3 Å². The van der Waals surface area contributed by atoms with E-state index in [1.807, 2.05) is 0 Å². The molecule has 5 heavy (non-hydrogen) atoms. The Morgan fingerprint density at radius 2 is 0.800 bits per heavy atom. The van der Waals surface area contributed by atoms with Crippen molar-refractivity contribution in [2.75, 3.05) is 0 Å². The van der Waals surface area contributed by atoms with Crippen LogP contribution in [0, 0.1) is 0 Å². The molecule has 0 unspecified atom stereocenters. The van der Waals surface area contributed by atoms with Gasteiger partial charge in [-0.15, -0.1) is 0 Å². The maximum atomic E-state index is 0. The SMILES string of the molecule is [Ag+].[Cd+2].[Hg+].[O-2].[O-2]. The molecule has 0 fully saturated rings. The topological polar surface area (TPSA) is 57.0 Å². The normalized spacial score (nSPS) is 0. The van der Waals surface area contributed by atoms with Gasteiger partial charge < -0.3 is 11.0 Å². The molecule has 0 rings (SSSR count). The first kappa shape index (κ1) is 50.4. The van der Waals surface area contributed by atoms with Gasteiger partial charge in [-0.1, -0.05) is 0 Å². The number of hydrogen-bond acceptors (Lipinski definition) is 0. The quantitative estimate of drug-likeness (QED) is 0.455. The van der Waals surface area contributed by atoms with Gasteiger partial charge in [-0.25, -0.2) is 0 Å². The minimum atomic E-state index is 0. The van der Waals surface area contributed by atoms with Crippen molar-refractivity contribution in [2.45, 2.75) is 0 Å². The van der Waals surface area contributed by atoms with E-state index in [1.54, 1.807) is 0 Å². The Bertz CT molecular complexity index is 9.61. The molecule has 27 valence electrons. The zero-order valence-electron chi connectivity index (χ0n) is 2.53. The first-order valence-corrected chi connectivity index (χ1v) is 0. The van der Waals surface area contributed by atoms with Crippen molar-refractivity contribution in [1.29, 1.82) is 0 Å². The van der Waals surface area contributed by atoms with Crippen LogP contribution in [0.5, 0.6) is 0 Å². The van der Waals surface area contributed by atoms with Gasteiger partial charge in [0.25, 0.3) is 0 Å². The Morgan fingerprint density at radius 3 is 0.800 bits per heavy atom. The fourth-order valence-corrected chi connectivity index (χ4v) is 0.